The standard InChI is InChI=1S/C14H25N3OS/c1-4-13(2)9-14(10-15,5-6-18-13)17(3)7-12-8-19-11-16-12/h8,11H,4-7,9-10,15H2,1-3H3. The number of nitrogens with zero attached hydrogens (tertiary/aromatic N) is 2. The summed E-state index contributed by atoms with van der Waals surface area (Å²) in [6.07, 6.45) is 3.02. The molecule has 108 valence electrons. The Kier molecular flexibility index (Phi) is 4.61. The molecule has 0 saturated carbocycles. The van der Waals surface area contributed by atoms with Crippen LogP contribution in [0.2, 0.25) is 0 Å². The molecule has 0 amide bonds. The van der Waals surface area contributed by atoms with E-state index in [1.807, 2.05) is 5.51 Å². The number of nitrogens with two attached hydrogens (primary N) is 1. The third-order valence-electron chi connectivity index (χ3n) is 4.54. The molecule has 0 aliphatic carbocycles. The molecule has 19 heavy (non-hydrogen) atoms. The molecule has 1 aliphatic heterocycles. The minimum Gasteiger partial charge on any atom is -0.375 e. The van der Waals surface area contributed by atoms with Crippen LogP contribution in [0.3, 0.4) is 0 Å². The Labute approximate surface area is 120 Å². The number of ether oxygens (including phenoxy) is 1. The van der Waals surface area contributed by atoms with E-state index in [2.05, 4.69) is 36.2 Å². The van der Waals surface area contributed by atoms with Crippen molar-refractivity contribution in [3.05, 3.63) is 16.6 Å². The van der Waals surface area contributed by atoms with Crippen LogP contribution < -0.4 is 5.73 Å². The van der Waals surface area contributed by atoms with Gasteiger partial charge < -0.3 is 10.5 Å². The van der Waals surface area contributed by atoms with Gasteiger partial charge in [-0.05, 0) is 33.2 Å². The molecule has 2 heterocycles. The van der Waals surface area contributed by atoms with E-state index < -0.39 is 0 Å². The third kappa shape index (κ3) is 3.16. The highest BCUT2D eigenvalue weighted by Crippen LogP contribution is 2.37. The molecule has 4 nitrogen and oxygen atoms in total. The maximum atomic E-state index is 6.13. The molecule has 1 fully saturated rings. The topological polar surface area (TPSA) is 51.4 Å². The quantitative estimate of drug-likeness (QED) is 0.900. The van der Waals surface area contributed by atoms with Gasteiger partial charge in [-0.1, -0.05) is 6.92 Å². The molecule has 1 saturated heterocycles. The van der Waals surface area contributed by atoms with E-state index >= 15 is 0 Å². The van der Waals surface area contributed by atoms with E-state index in [0.29, 0.717) is 6.54 Å². The van der Waals surface area contributed by atoms with E-state index in [4.69, 9.17) is 10.5 Å². The van der Waals surface area contributed by atoms with Gasteiger partial charge in [-0.25, -0.2) is 4.98 Å². The van der Waals surface area contributed by atoms with Crippen molar-refractivity contribution in [1.29, 1.82) is 0 Å². The van der Waals surface area contributed by atoms with Gasteiger partial charge in [-0.3, -0.25) is 4.90 Å². The van der Waals surface area contributed by atoms with Crippen molar-refractivity contribution >= 4 is 11.3 Å². The number of hydrogen-bond acceptors (Lipinski definition) is 5. The molecule has 0 bridgehead atoms. The number of hydrogen-bond donors (Lipinski definition) is 1. The van der Waals surface area contributed by atoms with E-state index in [-0.39, 0.29) is 11.1 Å². The number of aromatic nitrogens is 1. The lowest BCUT2D eigenvalue weighted by Crippen LogP contribution is -2.59. The summed E-state index contributed by atoms with van der Waals surface area (Å²) in [5.74, 6) is 0. The Morgan fingerprint density at radius 2 is 2.37 bits per heavy atom. The first kappa shape index (κ1) is 14.9. The normalized spacial score (nSPS) is 31.8. The summed E-state index contributed by atoms with van der Waals surface area (Å²) in [5, 5.41) is 2.11. The van der Waals surface area contributed by atoms with E-state index in [1.165, 1.54) is 0 Å². The Hall–Kier alpha value is -0.490. The van der Waals surface area contributed by atoms with Crippen LogP contribution >= 0.6 is 11.3 Å². The van der Waals surface area contributed by atoms with Gasteiger partial charge in [0, 0.05) is 30.6 Å². The zero-order chi connectivity index (χ0) is 13.9. The van der Waals surface area contributed by atoms with Gasteiger partial charge in [0.15, 0.2) is 0 Å². The lowest BCUT2D eigenvalue weighted by Gasteiger charge is -2.50. The first-order valence-corrected chi connectivity index (χ1v) is 7.90. The lowest BCUT2D eigenvalue weighted by molar-refractivity contribution is -0.126. The lowest BCUT2D eigenvalue weighted by atomic mass is 9.78. The minimum atomic E-state index is -0.0477. The summed E-state index contributed by atoms with van der Waals surface area (Å²) in [6, 6.07) is 0. The van der Waals surface area contributed by atoms with Gasteiger partial charge in [0.05, 0.1) is 16.8 Å². The minimum absolute atomic E-state index is 0.0344. The second-order valence-electron chi connectivity index (χ2n) is 5.84. The highest BCUT2D eigenvalue weighted by Gasteiger charge is 2.44. The van der Waals surface area contributed by atoms with Crippen molar-refractivity contribution in [2.75, 3.05) is 20.2 Å². The molecule has 1 aliphatic rings. The van der Waals surface area contributed by atoms with Gasteiger partial charge in [-0.2, -0.15) is 0 Å². The van der Waals surface area contributed by atoms with Gasteiger partial charge in [0.25, 0.3) is 0 Å². The van der Waals surface area contributed by atoms with Crippen LogP contribution in [0.1, 0.15) is 38.8 Å². The summed E-state index contributed by atoms with van der Waals surface area (Å²) in [6.45, 7) is 6.72. The second kappa shape index (κ2) is 5.87. The molecule has 2 rings (SSSR count). The summed E-state index contributed by atoms with van der Waals surface area (Å²) in [5.41, 5.74) is 9.13. The Morgan fingerprint density at radius 3 is 2.95 bits per heavy atom. The zero-order valence-electron chi connectivity index (χ0n) is 12.2. The van der Waals surface area contributed by atoms with Crippen LogP contribution in [0.5, 0.6) is 0 Å². The van der Waals surface area contributed by atoms with E-state index in [0.717, 1.165) is 38.1 Å². The van der Waals surface area contributed by atoms with Gasteiger partial charge in [0.1, 0.15) is 0 Å². The fourth-order valence-electron chi connectivity index (χ4n) is 2.93. The predicted molar refractivity (Wildman–Crippen MR) is 79.2 cm³/mol. The van der Waals surface area contributed by atoms with Crippen LogP contribution in [0, 0.1) is 0 Å². The molecule has 2 unspecified atom stereocenters. The smallest absolute Gasteiger partial charge is 0.0795 e. The van der Waals surface area contributed by atoms with Crippen LogP contribution in [-0.2, 0) is 11.3 Å². The maximum Gasteiger partial charge on any atom is 0.0795 e. The van der Waals surface area contributed by atoms with Gasteiger partial charge >= 0.3 is 0 Å². The molecular weight excluding hydrogens is 258 g/mol. The Morgan fingerprint density at radius 1 is 1.58 bits per heavy atom. The molecular formula is C14H25N3OS. The fraction of sp³-hybridized carbons (Fsp3) is 0.786. The number of rotatable bonds is 5. The van der Waals surface area contributed by atoms with Crippen LogP contribution in [0.15, 0.2) is 10.9 Å². The number of thiazole rings is 1. The maximum absolute atomic E-state index is 6.13. The molecule has 1 aromatic rings. The Balaban J connectivity index is 2.12. The fourth-order valence-corrected chi connectivity index (χ4v) is 3.48. The van der Waals surface area contributed by atoms with Crippen molar-refractivity contribution in [2.24, 2.45) is 5.73 Å². The average molecular weight is 283 g/mol. The van der Waals surface area contributed by atoms with Crippen LogP contribution in [0.4, 0.5) is 0 Å². The molecule has 0 radical (unpaired) electrons. The molecule has 2 N–H and O–H groups in total. The summed E-state index contributed by atoms with van der Waals surface area (Å²) in [4.78, 5) is 6.75. The van der Waals surface area contributed by atoms with Crippen LogP contribution in [-0.4, -0.2) is 41.2 Å². The third-order valence-corrected chi connectivity index (χ3v) is 5.18. The van der Waals surface area contributed by atoms with Crippen molar-refractivity contribution in [3.8, 4) is 0 Å². The summed E-state index contributed by atoms with van der Waals surface area (Å²) in [7, 11) is 2.16. The monoisotopic (exact) mass is 283 g/mol. The highest BCUT2D eigenvalue weighted by atomic mass is 32.1. The Bertz CT molecular complexity index is 397. The molecule has 0 aromatic carbocycles. The van der Waals surface area contributed by atoms with Gasteiger partial charge in [0.2, 0.25) is 0 Å². The molecule has 1 aromatic heterocycles. The molecule has 2 atom stereocenters. The number of likely N-dealkylation sites (N-methyl/N-ethyl adjacent to an activating group) is 1. The van der Waals surface area contributed by atoms with Crippen molar-refractivity contribution < 1.29 is 4.74 Å². The first-order chi connectivity index (χ1) is 9.03. The largest absolute Gasteiger partial charge is 0.375 e. The molecule has 0 spiro atoms. The predicted octanol–water partition coefficient (Wildman–Crippen LogP) is 2.25. The average Bonchev–Trinajstić information content (AvgIpc) is 2.91. The van der Waals surface area contributed by atoms with Crippen LogP contribution in [0.25, 0.3) is 0 Å². The summed E-state index contributed by atoms with van der Waals surface area (Å²) < 4.78 is 5.96. The molecule has 5 heteroatoms. The van der Waals surface area contributed by atoms with E-state index in [1.54, 1.807) is 11.3 Å². The zero-order valence-corrected chi connectivity index (χ0v) is 13.0. The summed E-state index contributed by atoms with van der Waals surface area (Å²) >= 11 is 1.65. The van der Waals surface area contributed by atoms with Gasteiger partial charge in [-0.15, -0.1) is 11.3 Å². The van der Waals surface area contributed by atoms with Crippen molar-refractivity contribution in [2.45, 2.75) is 50.8 Å². The van der Waals surface area contributed by atoms with E-state index in [9.17, 15) is 0 Å². The SMILES string of the molecule is CCC1(C)CC(CN)(N(C)Cc2cscn2)CCO1. The van der Waals surface area contributed by atoms with Crippen molar-refractivity contribution in [3.63, 3.8) is 0 Å². The second-order valence-corrected chi connectivity index (χ2v) is 6.56. The first-order valence-electron chi connectivity index (χ1n) is 6.96. The highest BCUT2D eigenvalue weighted by molar-refractivity contribution is 7.07. The van der Waals surface area contributed by atoms with Crippen molar-refractivity contribution in [1.82, 2.24) is 9.88 Å².